The molecule has 3 aromatic rings. The third-order valence-corrected chi connectivity index (χ3v) is 3.44. The molecule has 0 aliphatic heterocycles. The standard InChI is InChI=1S/C16H16N4O2/c1-22-13-5-2-11(3-6-13)8-9-17-16(21)12-4-7-14-15(10-12)19-20-18-14/h2-7,10H,8-9H2,1H3,(H,17,21)(H,18,19,20). The van der Waals surface area contributed by atoms with E-state index in [0.717, 1.165) is 23.3 Å². The molecular weight excluding hydrogens is 280 g/mol. The van der Waals surface area contributed by atoms with E-state index in [1.54, 1.807) is 25.3 Å². The van der Waals surface area contributed by atoms with Crippen LogP contribution in [0, 0.1) is 0 Å². The smallest absolute Gasteiger partial charge is 0.251 e. The topological polar surface area (TPSA) is 79.9 Å². The van der Waals surface area contributed by atoms with Crippen molar-refractivity contribution in [2.24, 2.45) is 0 Å². The van der Waals surface area contributed by atoms with E-state index in [2.05, 4.69) is 20.7 Å². The Hall–Kier alpha value is -2.89. The van der Waals surface area contributed by atoms with Crippen LogP contribution in [0.15, 0.2) is 42.5 Å². The lowest BCUT2D eigenvalue weighted by Crippen LogP contribution is -2.25. The van der Waals surface area contributed by atoms with Crippen LogP contribution in [0.25, 0.3) is 11.0 Å². The molecule has 0 unspecified atom stereocenters. The number of hydrogen-bond acceptors (Lipinski definition) is 4. The molecule has 2 N–H and O–H groups in total. The van der Waals surface area contributed by atoms with Gasteiger partial charge in [-0.3, -0.25) is 4.79 Å². The predicted molar refractivity (Wildman–Crippen MR) is 82.9 cm³/mol. The highest BCUT2D eigenvalue weighted by Crippen LogP contribution is 2.12. The highest BCUT2D eigenvalue weighted by Gasteiger charge is 2.07. The molecule has 0 fully saturated rings. The second-order valence-electron chi connectivity index (χ2n) is 4.88. The fraction of sp³-hybridized carbons (Fsp3) is 0.188. The number of aromatic amines is 1. The molecule has 6 heteroatoms. The summed E-state index contributed by atoms with van der Waals surface area (Å²) < 4.78 is 5.11. The number of nitrogens with zero attached hydrogens (tertiary/aromatic N) is 2. The van der Waals surface area contributed by atoms with Gasteiger partial charge in [-0.2, -0.15) is 15.4 Å². The molecule has 0 spiro atoms. The largest absolute Gasteiger partial charge is 0.497 e. The number of benzene rings is 2. The summed E-state index contributed by atoms with van der Waals surface area (Å²) in [6.07, 6.45) is 0.766. The third-order valence-electron chi connectivity index (χ3n) is 3.44. The van der Waals surface area contributed by atoms with E-state index in [-0.39, 0.29) is 5.91 Å². The summed E-state index contributed by atoms with van der Waals surface area (Å²) in [5, 5.41) is 13.4. The molecule has 6 nitrogen and oxygen atoms in total. The summed E-state index contributed by atoms with van der Waals surface area (Å²) in [7, 11) is 1.64. The molecule has 0 bridgehead atoms. The van der Waals surface area contributed by atoms with Crippen molar-refractivity contribution in [3.63, 3.8) is 0 Å². The molecule has 0 aliphatic carbocycles. The third kappa shape index (κ3) is 3.06. The van der Waals surface area contributed by atoms with Gasteiger partial charge in [0.25, 0.3) is 5.91 Å². The second-order valence-corrected chi connectivity index (χ2v) is 4.88. The number of carbonyl (C=O) groups is 1. The summed E-state index contributed by atoms with van der Waals surface area (Å²) in [6.45, 7) is 0.571. The van der Waals surface area contributed by atoms with Gasteiger partial charge in [0.15, 0.2) is 0 Å². The number of nitrogens with one attached hydrogen (secondary N) is 2. The van der Waals surface area contributed by atoms with E-state index < -0.39 is 0 Å². The van der Waals surface area contributed by atoms with Gasteiger partial charge in [0.1, 0.15) is 16.8 Å². The normalized spacial score (nSPS) is 10.6. The Bertz CT molecular complexity index is 780. The summed E-state index contributed by atoms with van der Waals surface area (Å²) in [5.41, 5.74) is 3.15. The quantitative estimate of drug-likeness (QED) is 0.754. The average Bonchev–Trinajstić information content (AvgIpc) is 3.03. The Morgan fingerprint density at radius 2 is 1.91 bits per heavy atom. The van der Waals surface area contributed by atoms with Gasteiger partial charge in [-0.25, -0.2) is 0 Å². The first kappa shape index (κ1) is 14.1. The maximum absolute atomic E-state index is 12.1. The summed E-state index contributed by atoms with van der Waals surface area (Å²) in [6, 6.07) is 13.1. The van der Waals surface area contributed by atoms with Gasteiger partial charge in [0, 0.05) is 12.1 Å². The average molecular weight is 296 g/mol. The Morgan fingerprint density at radius 3 is 2.68 bits per heavy atom. The maximum Gasteiger partial charge on any atom is 0.251 e. The Morgan fingerprint density at radius 1 is 1.14 bits per heavy atom. The number of methoxy groups -OCH3 is 1. The monoisotopic (exact) mass is 296 g/mol. The molecular formula is C16H16N4O2. The van der Waals surface area contributed by atoms with Crippen LogP contribution in [-0.2, 0) is 6.42 Å². The second kappa shape index (κ2) is 6.26. The van der Waals surface area contributed by atoms with Gasteiger partial charge < -0.3 is 10.1 Å². The van der Waals surface area contributed by atoms with E-state index in [9.17, 15) is 4.79 Å². The SMILES string of the molecule is COc1ccc(CCNC(=O)c2ccc3n[nH]nc3c2)cc1. The fourth-order valence-electron chi connectivity index (χ4n) is 2.20. The van der Waals surface area contributed by atoms with Gasteiger partial charge in [-0.05, 0) is 42.3 Å². The van der Waals surface area contributed by atoms with Crippen LogP contribution in [-0.4, -0.2) is 35.0 Å². The van der Waals surface area contributed by atoms with Crippen LogP contribution in [0.5, 0.6) is 5.75 Å². The first-order valence-electron chi connectivity index (χ1n) is 6.98. The number of fused-ring (bicyclic) bond motifs is 1. The Balaban J connectivity index is 1.57. The van der Waals surface area contributed by atoms with Gasteiger partial charge in [0.05, 0.1) is 7.11 Å². The lowest BCUT2D eigenvalue weighted by molar-refractivity contribution is 0.0954. The molecule has 2 aromatic carbocycles. The molecule has 1 heterocycles. The van der Waals surface area contributed by atoms with Crippen LogP contribution in [0.4, 0.5) is 0 Å². The van der Waals surface area contributed by atoms with Crippen LogP contribution < -0.4 is 10.1 Å². The van der Waals surface area contributed by atoms with Crippen molar-refractivity contribution in [1.82, 2.24) is 20.7 Å². The van der Waals surface area contributed by atoms with Gasteiger partial charge in [0.2, 0.25) is 0 Å². The summed E-state index contributed by atoms with van der Waals surface area (Å²) >= 11 is 0. The van der Waals surface area contributed by atoms with E-state index in [1.165, 1.54) is 0 Å². The molecule has 0 saturated carbocycles. The minimum absolute atomic E-state index is 0.113. The molecule has 1 aromatic heterocycles. The highest BCUT2D eigenvalue weighted by atomic mass is 16.5. The number of rotatable bonds is 5. The number of ether oxygens (including phenoxy) is 1. The zero-order valence-electron chi connectivity index (χ0n) is 12.2. The van der Waals surface area contributed by atoms with Crippen LogP contribution >= 0.6 is 0 Å². The molecule has 0 atom stereocenters. The Labute approximate surface area is 127 Å². The molecule has 1 amide bonds. The Kier molecular flexibility index (Phi) is 4.00. The van der Waals surface area contributed by atoms with E-state index in [1.807, 2.05) is 24.3 Å². The van der Waals surface area contributed by atoms with E-state index in [0.29, 0.717) is 17.6 Å². The van der Waals surface area contributed by atoms with E-state index >= 15 is 0 Å². The minimum atomic E-state index is -0.113. The molecule has 22 heavy (non-hydrogen) atoms. The van der Waals surface area contributed by atoms with Crippen LogP contribution in [0.2, 0.25) is 0 Å². The number of H-pyrrole nitrogens is 1. The first-order valence-corrected chi connectivity index (χ1v) is 6.98. The molecule has 3 rings (SSSR count). The van der Waals surface area contributed by atoms with Crippen molar-refractivity contribution in [3.8, 4) is 5.75 Å². The summed E-state index contributed by atoms with van der Waals surface area (Å²) in [5.74, 6) is 0.715. The number of aromatic nitrogens is 3. The zero-order valence-corrected chi connectivity index (χ0v) is 12.2. The van der Waals surface area contributed by atoms with Crippen molar-refractivity contribution in [3.05, 3.63) is 53.6 Å². The van der Waals surface area contributed by atoms with Crippen molar-refractivity contribution in [1.29, 1.82) is 0 Å². The van der Waals surface area contributed by atoms with Crippen LogP contribution in [0.1, 0.15) is 15.9 Å². The first-order chi connectivity index (χ1) is 10.8. The zero-order chi connectivity index (χ0) is 15.4. The molecule has 0 aliphatic rings. The minimum Gasteiger partial charge on any atom is -0.497 e. The fourth-order valence-corrected chi connectivity index (χ4v) is 2.20. The van der Waals surface area contributed by atoms with Gasteiger partial charge in [-0.15, -0.1) is 0 Å². The summed E-state index contributed by atoms with van der Waals surface area (Å²) in [4.78, 5) is 12.1. The van der Waals surface area contributed by atoms with Crippen molar-refractivity contribution in [2.45, 2.75) is 6.42 Å². The molecule has 0 radical (unpaired) electrons. The maximum atomic E-state index is 12.1. The number of carbonyl (C=O) groups excluding carboxylic acids is 1. The van der Waals surface area contributed by atoms with Crippen molar-refractivity contribution >= 4 is 16.9 Å². The predicted octanol–water partition coefficient (Wildman–Crippen LogP) is 1.94. The number of hydrogen-bond donors (Lipinski definition) is 2. The van der Waals surface area contributed by atoms with Crippen LogP contribution in [0.3, 0.4) is 0 Å². The number of amides is 1. The lowest BCUT2D eigenvalue weighted by atomic mass is 10.1. The molecule has 112 valence electrons. The lowest BCUT2D eigenvalue weighted by Gasteiger charge is -2.06. The van der Waals surface area contributed by atoms with E-state index in [4.69, 9.17) is 4.74 Å². The van der Waals surface area contributed by atoms with Crippen molar-refractivity contribution < 1.29 is 9.53 Å². The van der Waals surface area contributed by atoms with Gasteiger partial charge in [-0.1, -0.05) is 12.1 Å². The van der Waals surface area contributed by atoms with Gasteiger partial charge >= 0.3 is 0 Å². The highest BCUT2D eigenvalue weighted by molar-refractivity contribution is 5.97. The van der Waals surface area contributed by atoms with Crippen molar-refractivity contribution in [2.75, 3.05) is 13.7 Å². The molecule has 0 saturated heterocycles.